The smallest absolute Gasteiger partial charge is 0.311 e. The molecule has 1 aromatic heterocycles. The van der Waals surface area contributed by atoms with E-state index < -0.39 is 46.4 Å². The van der Waals surface area contributed by atoms with Crippen molar-refractivity contribution in [1.82, 2.24) is 25.4 Å². The van der Waals surface area contributed by atoms with Gasteiger partial charge in [-0.25, -0.2) is 9.38 Å². The van der Waals surface area contributed by atoms with E-state index in [1.165, 1.54) is 31.1 Å². The summed E-state index contributed by atoms with van der Waals surface area (Å²) in [4.78, 5) is 77.9. The number of amidine groups is 1. The second-order valence-electron chi connectivity index (χ2n) is 11.6. The number of thioether (sulfide) groups is 1. The molecule has 4 aliphatic rings. The number of aryl methyl sites for hydroxylation is 1. The van der Waals surface area contributed by atoms with Gasteiger partial charge < -0.3 is 15.5 Å². The number of fused-ring (bicyclic) bond motifs is 2. The highest BCUT2D eigenvalue weighted by Crippen LogP contribution is 2.49. The zero-order chi connectivity index (χ0) is 30.9. The van der Waals surface area contributed by atoms with Gasteiger partial charge in [0.2, 0.25) is 0 Å². The Labute approximate surface area is 252 Å². The van der Waals surface area contributed by atoms with Crippen molar-refractivity contribution in [2.24, 2.45) is 10.4 Å². The number of likely N-dealkylation sites (N-methyl/N-ethyl adjacent to an activating group) is 1. The van der Waals surface area contributed by atoms with Crippen LogP contribution < -0.4 is 10.6 Å². The summed E-state index contributed by atoms with van der Waals surface area (Å²) in [5.41, 5.74) is -0.589. The van der Waals surface area contributed by atoms with Gasteiger partial charge in [0.05, 0.1) is 5.54 Å². The number of Topliss-reactive ketones (excluding diaryl/α,β-unsaturated/α-hetero) is 1. The maximum atomic E-state index is 13.7. The fourth-order valence-electron chi connectivity index (χ4n) is 5.85. The monoisotopic (exact) mass is 608 g/mol. The predicted octanol–water partition coefficient (Wildman–Crippen LogP) is 1.63. The summed E-state index contributed by atoms with van der Waals surface area (Å²) in [6.45, 7) is 1.79. The molecule has 3 aliphatic heterocycles. The first-order chi connectivity index (χ1) is 20.4. The van der Waals surface area contributed by atoms with Gasteiger partial charge in [0.25, 0.3) is 17.6 Å². The number of nitrogens with one attached hydrogen (secondary N) is 2. The third kappa shape index (κ3) is 6.03. The van der Waals surface area contributed by atoms with Crippen molar-refractivity contribution < 1.29 is 28.4 Å². The average Bonchev–Trinajstić information content (AvgIpc) is 3.21. The Morgan fingerprint density at radius 2 is 1.79 bits per heavy atom. The van der Waals surface area contributed by atoms with Gasteiger partial charge in [-0.15, -0.1) is 11.8 Å². The Morgan fingerprint density at radius 1 is 1.09 bits per heavy atom. The van der Waals surface area contributed by atoms with Crippen LogP contribution in [0.4, 0.5) is 4.39 Å². The van der Waals surface area contributed by atoms with E-state index in [0.29, 0.717) is 42.6 Å². The Morgan fingerprint density at radius 3 is 2.44 bits per heavy atom. The van der Waals surface area contributed by atoms with Crippen LogP contribution in [0.5, 0.6) is 0 Å². The van der Waals surface area contributed by atoms with E-state index >= 15 is 0 Å². The van der Waals surface area contributed by atoms with Crippen molar-refractivity contribution in [3.8, 4) is 0 Å². The number of carbonyl (C=O) groups is 5. The third-order valence-corrected chi connectivity index (χ3v) is 9.74. The Bertz CT molecular complexity index is 1510. The molecule has 226 valence electrons. The van der Waals surface area contributed by atoms with Crippen LogP contribution in [0, 0.1) is 18.2 Å². The van der Waals surface area contributed by atoms with E-state index in [4.69, 9.17) is 0 Å². The van der Waals surface area contributed by atoms with Gasteiger partial charge in [-0.2, -0.15) is 0 Å². The molecule has 1 unspecified atom stereocenters. The lowest BCUT2D eigenvalue weighted by Crippen LogP contribution is -2.65. The number of ketones is 1. The number of hydrogen-bond donors (Lipinski definition) is 2. The number of halogens is 1. The minimum Gasteiger partial charge on any atom is -0.350 e. The molecule has 4 amide bonds. The van der Waals surface area contributed by atoms with Crippen molar-refractivity contribution in [2.75, 3.05) is 26.4 Å². The largest absolute Gasteiger partial charge is 0.350 e. The molecule has 13 heteroatoms. The van der Waals surface area contributed by atoms with E-state index in [-0.39, 0.29) is 24.7 Å². The molecule has 2 N–H and O–H groups in total. The van der Waals surface area contributed by atoms with Crippen LogP contribution >= 0.6 is 11.8 Å². The lowest BCUT2D eigenvalue weighted by Gasteiger charge is -2.42. The van der Waals surface area contributed by atoms with Gasteiger partial charge in [-0.3, -0.25) is 33.9 Å². The molecule has 43 heavy (non-hydrogen) atoms. The number of nitrogens with zero attached hydrogens (tertiary/aromatic N) is 4. The first-order valence-electron chi connectivity index (χ1n) is 14.0. The second kappa shape index (κ2) is 11.9. The molecule has 2 bridgehead atoms. The normalized spacial score (nSPS) is 24.5. The molecule has 1 atom stereocenters. The fourth-order valence-corrected chi connectivity index (χ4v) is 7.01. The summed E-state index contributed by atoms with van der Waals surface area (Å²) in [7, 11) is 2.93. The van der Waals surface area contributed by atoms with Crippen molar-refractivity contribution in [3.63, 3.8) is 0 Å². The zero-order valence-corrected chi connectivity index (χ0v) is 25.0. The van der Waals surface area contributed by atoms with E-state index in [9.17, 15) is 28.4 Å². The Hall–Kier alpha value is -4.13. The quantitative estimate of drug-likeness (QED) is 0.277. The van der Waals surface area contributed by atoms with Crippen LogP contribution in [-0.2, 0) is 30.5 Å². The minimum absolute atomic E-state index is 0.00104. The number of carbonyl (C=O) groups excluding carboxylic acids is 5. The topological polar surface area (TPSA) is 141 Å². The lowest BCUT2D eigenvalue weighted by atomic mass is 9.69. The molecule has 2 aromatic rings. The third-order valence-electron chi connectivity index (χ3n) is 8.38. The summed E-state index contributed by atoms with van der Waals surface area (Å²) in [5.74, 6) is -3.85. The summed E-state index contributed by atoms with van der Waals surface area (Å²) in [6, 6.07) is 6.53. The summed E-state index contributed by atoms with van der Waals surface area (Å²) in [5, 5.41) is 5.48. The zero-order valence-electron chi connectivity index (χ0n) is 24.2. The standard InChI is InChI=1S/C30H33FN6O5S/c1-18-14-19(4-5-21(18)31)15-33-24(39)22-23(38)26(41)37-16-29(17-43-20-6-12-32-13-7-20)8-10-30(11-9-29,28(37)34-22)35-25(40)27(42)36(2)3/h4-7,12-14,22H,8-11,15-17H2,1-3H3,(H,33,39)(H,35,40). The highest BCUT2D eigenvalue weighted by Gasteiger charge is 2.57. The maximum absolute atomic E-state index is 13.7. The molecular weight excluding hydrogens is 575 g/mol. The van der Waals surface area contributed by atoms with E-state index in [1.54, 1.807) is 37.1 Å². The van der Waals surface area contributed by atoms with E-state index in [2.05, 4.69) is 20.6 Å². The highest BCUT2D eigenvalue weighted by molar-refractivity contribution is 7.99. The SMILES string of the molecule is Cc1cc(CNC(=O)C2N=C3N(CC4(CSc5ccncc5)CCC3(NC(=O)C(=O)N(C)C)CC4)C(=O)C2=O)ccc1F. The van der Waals surface area contributed by atoms with Crippen molar-refractivity contribution >= 4 is 47.0 Å². The Kier molecular flexibility index (Phi) is 8.37. The van der Waals surface area contributed by atoms with Crippen molar-refractivity contribution in [2.45, 2.75) is 55.6 Å². The molecule has 3 fully saturated rings. The lowest BCUT2D eigenvalue weighted by molar-refractivity contribution is -0.146. The average molecular weight is 609 g/mol. The number of benzene rings is 1. The molecule has 1 saturated carbocycles. The van der Waals surface area contributed by atoms with Gasteiger partial charge >= 0.3 is 11.8 Å². The summed E-state index contributed by atoms with van der Waals surface area (Å²) < 4.78 is 13.7. The van der Waals surface area contributed by atoms with Gasteiger partial charge in [0, 0.05) is 50.2 Å². The van der Waals surface area contributed by atoms with Crippen LogP contribution in [0.1, 0.15) is 36.8 Å². The summed E-state index contributed by atoms with van der Waals surface area (Å²) in [6.07, 6.45) is 5.35. The van der Waals surface area contributed by atoms with Crippen molar-refractivity contribution in [1.29, 1.82) is 0 Å². The summed E-state index contributed by atoms with van der Waals surface area (Å²) >= 11 is 1.62. The fraction of sp³-hybridized carbons (Fsp3) is 0.433. The molecule has 4 heterocycles. The minimum atomic E-state index is -1.65. The molecular formula is C30H33FN6O5S. The van der Waals surface area contributed by atoms with Crippen LogP contribution in [0.25, 0.3) is 0 Å². The van der Waals surface area contributed by atoms with E-state index in [1.807, 2.05) is 12.1 Å². The molecule has 1 aromatic carbocycles. The molecule has 6 rings (SSSR count). The van der Waals surface area contributed by atoms with Gasteiger partial charge in [0.1, 0.15) is 11.7 Å². The van der Waals surface area contributed by atoms with Gasteiger partial charge in [0.15, 0.2) is 6.04 Å². The molecule has 0 radical (unpaired) electrons. The first-order valence-corrected chi connectivity index (χ1v) is 15.0. The molecule has 1 aliphatic carbocycles. The molecule has 11 nitrogen and oxygen atoms in total. The number of aliphatic imine (C=N–C) groups is 1. The van der Waals surface area contributed by atoms with Crippen LogP contribution in [0.2, 0.25) is 0 Å². The number of pyridine rings is 1. The number of amides is 4. The Balaban J connectivity index is 1.46. The van der Waals surface area contributed by atoms with Crippen LogP contribution in [0.3, 0.4) is 0 Å². The first kappa shape index (κ1) is 30.3. The maximum Gasteiger partial charge on any atom is 0.311 e. The predicted molar refractivity (Wildman–Crippen MR) is 156 cm³/mol. The van der Waals surface area contributed by atoms with Gasteiger partial charge in [-0.05, 0) is 67.3 Å². The van der Waals surface area contributed by atoms with Crippen LogP contribution in [0.15, 0.2) is 52.6 Å². The van der Waals surface area contributed by atoms with E-state index in [0.717, 1.165) is 9.80 Å². The van der Waals surface area contributed by atoms with Gasteiger partial charge in [-0.1, -0.05) is 12.1 Å². The van der Waals surface area contributed by atoms with Crippen LogP contribution in [-0.4, -0.2) is 88.0 Å². The number of aromatic nitrogens is 1. The van der Waals surface area contributed by atoms with Crippen molar-refractivity contribution in [3.05, 3.63) is 59.7 Å². The number of hydrogen-bond acceptors (Lipinski definition) is 8. The molecule has 0 spiro atoms. The second-order valence-corrected chi connectivity index (χ2v) is 12.7. The highest BCUT2D eigenvalue weighted by atomic mass is 32.2. The number of rotatable bonds is 7. The molecule has 2 saturated heterocycles.